The molecule has 17 heavy (non-hydrogen) atoms. The average Bonchev–Trinajstić information content (AvgIpc) is 2.47. The minimum absolute atomic E-state index is 0.248. The summed E-state index contributed by atoms with van der Waals surface area (Å²) in [6.45, 7) is 5.13. The maximum Gasteiger partial charge on any atom is 0.0465 e. The molecule has 0 amide bonds. The van der Waals surface area contributed by atoms with Gasteiger partial charge in [-0.2, -0.15) is 0 Å². The average molecular weight is 240 g/mol. The van der Waals surface area contributed by atoms with Gasteiger partial charge in [0, 0.05) is 13.2 Å². The molecule has 100 valence electrons. The largest absolute Gasteiger partial charge is 0.396 e. The third-order valence-corrected chi connectivity index (χ3v) is 4.30. The molecule has 0 spiro atoms. The minimum Gasteiger partial charge on any atom is -0.396 e. The first-order valence-corrected chi connectivity index (χ1v) is 7.05. The van der Waals surface area contributed by atoms with Gasteiger partial charge in [0.1, 0.15) is 0 Å². The standard InChI is InChI=1S/C15H28O2/c1-3-15(8-10-17)11-13(2)6-7-14(12-15)5-4-9-16/h5,13,16-17H,3-4,6-12H2,1-2H3/b14-5+. The summed E-state index contributed by atoms with van der Waals surface area (Å²) in [7, 11) is 0. The summed E-state index contributed by atoms with van der Waals surface area (Å²) in [5, 5.41) is 18.2. The highest BCUT2D eigenvalue weighted by atomic mass is 16.3. The second-order valence-electron chi connectivity index (χ2n) is 5.73. The lowest BCUT2D eigenvalue weighted by Gasteiger charge is -2.33. The van der Waals surface area contributed by atoms with Crippen LogP contribution in [0.25, 0.3) is 0 Å². The van der Waals surface area contributed by atoms with Crippen molar-refractivity contribution in [1.82, 2.24) is 0 Å². The van der Waals surface area contributed by atoms with E-state index >= 15 is 0 Å². The minimum atomic E-state index is 0.248. The van der Waals surface area contributed by atoms with Gasteiger partial charge in [-0.15, -0.1) is 0 Å². The third-order valence-electron chi connectivity index (χ3n) is 4.30. The van der Waals surface area contributed by atoms with E-state index in [0.29, 0.717) is 12.0 Å². The van der Waals surface area contributed by atoms with Gasteiger partial charge in [-0.3, -0.25) is 0 Å². The molecule has 2 N–H and O–H groups in total. The summed E-state index contributed by atoms with van der Waals surface area (Å²) < 4.78 is 0. The molecule has 0 aromatic carbocycles. The number of rotatable bonds is 5. The second-order valence-corrected chi connectivity index (χ2v) is 5.73. The summed E-state index contributed by atoms with van der Waals surface area (Å²) in [6, 6.07) is 0. The van der Waals surface area contributed by atoms with E-state index in [1.807, 2.05) is 0 Å². The Morgan fingerprint density at radius 1 is 1.35 bits per heavy atom. The summed E-state index contributed by atoms with van der Waals surface area (Å²) in [4.78, 5) is 0. The van der Waals surface area contributed by atoms with Gasteiger partial charge >= 0.3 is 0 Å². The highest BCUT2D eigenvalue weighted by molar-refractivity contribution is 5.08. The molecule has 0 aliphatic heterocycles. The Labute approximate surface area is 106 Å². The lowest BCUT2D eigenvalue weighted by molar-refractivity contribution is 0.147. The summed E-state index contributed by atoms with van der Waals surface area (Å²) >= 11 is 0. The van der Waals surface area contributed by atoms with Gasteiger partial charge in [0.05, 0.1) is 0 Å². The van der Waals surface area contributed by atoms with Crippen molar-refractivity contribution in [2.24, 2.45) is 11.3 Å². The maximum atomic E-state index is 9.30. The SMILES string of the molecule is CCC1(CCO)C/C(=C/CCO)CCC(C)C1. The molecule has 1 aliphatic rings. The van der Waals surface area contributed by atoms with Crippen LogP contribution in [0.1, 0.15) is 58.8 Å². The van der Waals surface area contributed by atoms with E-state index in [2.05, 4.69) is 19.9 Å². The van der Waals surface area contributed by atoms with Crippen LogP contribution in [-0.2, 0) is 0 Å². The van der Waals surface area contributed by atoms with Gasteiger partial charge < -0.3 is 10.2 Å². The first-order chi connectivity index (χ1) is 8.15. The fourth-order valence-corrected chi connectivity index (χ4v) is 3.23. The van der Waals surface area contributed by atoms with Crippen molar-refractivity contribution in [2.45, 2.75) is 58.8 Å². The monoisotopic (exact) mass is 240 g/mol. The third kappa shape index (κ3) is 4.44. The van der Waals surface area contributed by atoms with Crippen molar-refractivity contribution in [2.75, 3.05) is 13.2 Å². The number of allylic oxidation sites excluding steroid dienone is 1. The molecule has 1 saturated carbocycles. The Balaban J connectivity index is 2.79. The van der Waals surface area contributed by atoms with Crippen LogP contribution in [0.5, 0.6) is 0 Å². The van der Waals surface area contributed by atoms with Gasteiger partial charge in [-0.1, -0.05) is 31.9 Å². The fraction of sp³-hybridized carbons (Fsp3) is 0.867. The van der Waals surface area contributed by atoms with E-state index in [1.54, 1.807) is 0 Å². The lowest BCUT2D eigenvalue weighted by atomic mass is 9.72. The molecule has 2 heteroatoms. The van der Waals surface area contributed by atoms with Crippen LogP contribution in [0.2, 0.25) is 0 Å². The number of hydrogen-bond donors (Lipinski definition) is 2. The van der Waals surface area contributed by atoms with Gasteiger partial charge in [0.2, 0.25) is 0 Å². The number of hydrogen-bond acceptors (Lipinski definition) is 2. The number of aliphatic hydroxyl groups is 2. The van der Waals surface area contributed by atoms with E-state index in [-0.39, 0.29) is 6.61 Å². The van der Waals surface area contributed by atoms with Gasteiger partial charge in [-0.05, 0) is 49.9 Å². The van der Waals surface area contributed by atoms with Crippen LogP contribution in [0.15, 0.2) is 11.6 Å². The second kappa shape index (κ2) is 7.17. The van der Waals surface area contributed by atoms with Gasteiger partial charge in [-0.25, -0.2) is 0 Å². The number of aliphatic hydroxyl groups excluding tert-OH is 2. The van der Waals surface area contributed by atoms with Crippen LogP contribution in [-0.4, -0.2) is 23.4 Å². The molecule has 0 aromatic heterocycles. The molecule has 1 rings (SSSR count). The van der Waals surface area contributed by atoms with Crippen LogP contribution in [0.4, 0.5) is 0 Å². The molecule has 2 unspecified atom stereocenters. The van der Waals surface area contributed by atoms with Crippen LogP contribution in [0, 0.1) is 11.3 Å². The Kier molecular flexibility index (Phi) is 6.21. The molecule has 0 radical (unpaired) electrons. The fourth-order valence-electron chi connectivity index (χ4n) is 3.23. The molecule has 2 atom stereocenters. The quantitative estimate of drug-likeness (QED) is 0.572. The van der Waals surface area contributed by atoms with E-state index in [4.69, 9.17) is 5.11 Å². The lowest BCUT2D eigenvalue weighted by Crippen LogP contribution is -2.23. The summed E-state index contributed by atoms with van der Waals surface area (Å²) in [5.41, 5.74) is 1.80. The predicted octanol–water partition coefficient (Wildman–Crippen LogP) is 3.28. The molecule has 1 aliphatic carbocycles. The normalized spacial score (nSPS) is 32.7. The highest BCUT2D eigenvalue weighted by Crippen LogP contribution is 2.44. The topological polar surface area (TPSA) is 40.5 Å². The van der Waals surface area contributed by atoms with Crippen molar-refractivity contribution < 1.29 is 10.2 Å². The molecule has 0 aromatic rings. The molecular weight excluding hydrogens is 212 g/mol. The van der Waals surface area contributed by atoms with Gasteiger partial charge in [0.25, 0.3) is 0 Å². The Hall–Kier alpha value is -0.340. The van der Waals surface area contributed by atoms with E-state index in [0.717, 1.165) is 31.6 Å². The van der Waals surface area contributed by atoms with Crippen molar-refractivity contribution in [3.05, 3.63) is 11.6 Å². The zero-order valence-electron chi connectivity index (χ0n) is 11.4. The first-order valence-electron chi connectivity index (χ1n) is 7.05. The highest BCUT2D eigenvalue weighted by Gasteiger charge is 2.32. The Morgan fingerprint density at radius 2 is 2.12 bits per heavy atom. The molecule has 1 fully saturated rings. The van der Waals surface area contributed by atoms with Gasteiger partial charge in [0.15, 0.2) is 0 Å². The predicted molar refractivity (Wildman–Crippen MR) is 71.8 cm³/mol. The molecular formula is C15H28O2. The zero-order valence-corrected chi connectivity index (χ0v) is 11.4. The van der Waals surface area contributed by atoms with Crippen molar-refractivity contribution >= 4 is 0 Å². The van der Waals surface area contributed by atoms with Crippen LogP contribution >= 0.6 is 0 Å². The van der Waals surface area contributed by atoms with Crippen molar-refractivity contribution in [3.63, 3.8) is 0 Å². The van der Waals surface area contributed by atoms with Crippen molar-refractivity contribution in [1.29, 1.82) is 0 Å². The molecule has 2 nitrogen and oxygen atoms in total. The first kappa shape index (κ1) is 14.7. The smallest absolute Gasteiger partial charge is 0.0465 e. The molecule has 0 bridgehead atoms. The van der Waals surface area contributed by atoms with E-state index < -0.39 is 0 Å². The Morgan fingerprint density at radius 3 is 2.71 bits per heavy atom. The summed E-state index contributed by atoms with van der Waals surface area (Å²) in [6.07, 6.45) is 9.86. The zero-order chi connectivity index (χ0) is 12.7. The Bertz CT molecular complexity index is 247. The van der Waals surface area contributed by atoms with E-state index in [1.165, 1.54) is 24.8 Å². The molecule has 0 saturated heterocycles. The van der Waals surface area contributed by atoms with Crippen LogP contribution < -0.4 is 0 Å². The van der Waals surface area contributed by atoms with E-state index in [9.17, 15) is 5.11 Å². The van der Waals surface area contributed by atoms with Crippen LogP contribution in [0.3, 0.4) is 0 Å². The maximum absolute atomic E-state index is 9.30. The summed E-state index contributed by atoms with van der Waals surface area (Å²) in [5.74, 6) is 0.751. The van der Waals surface area contributed by atoms with Crippen molar-refractivity contribution in [3.8, 4) is 0 Å². The molecule has 0 heterocycles.